The van der Waals surface area contributed by atoms with Crippen molar-refractivity contribution in [2.75, 3.05) is 9.80 Å². The SMILES string of the molecule is O=C1N(c2ccc(Cc3ccc(N4C(=O)N(C5CCCCC5)C4=NC4CCCCC4)cc3)cc2)C(=NC2CCCCC2)N1C1CCCCC1. The lowest BCUT2D eigenvalue weighted by Gasteiger charge is -2.48. The van der Waals surface area contributed by atoms with Crippen LogP contribution in [0.5, 0.6) is 0 Å². The molecule has 2 aromatic carbocycles. The van der Waals surface area contributed by atoms with E-state index < -0.39 is 0 Å². The summed E-state index contributed by atoms with van der Waals surface area (Å²) in [5, 5.41) is 0. The highest BCUT2D eigenvalue weighted by molar-refractivity contribution is 6.31. The number of anilines is 2. The van der Waals surface area contributed by atoms with Gasteiger partial charge >= 0.3 is 12.1 Å². The highest BCUT2D eigenvalue weighted by Crippen LogP contribution is 2.36. The topological polar surface area (TPSA) is 71.8 Å². The van der Waals surface area contributed by atoms with Gasteiger partial charge in [-0.05, 0) is 93.2 Å². The number of nitrogens with zero attached hydrogens (tertiary/aromatic N) is 6. The van der Waals surface area contributed by atoms with Crippen molar-refractivity contribution < 1.29 is 9.59 Å². The highest BCUT2D eigenvalue weighted by Gasteiger charge is 2.48. The summed E-state index contributed by atoms with van der Waals surface area (Å²) in [5.41, 5.74) is 4.22. The van der Waals surface area contributed by atoms with Gasteiger partial charge in [0.25, 0.3) is 0 Å². The summed E-state index contributed by atoms with van der Waals surface area (Å²) >= 11 is 0. The summed E-state index contributed by atoms with van der Waals surface area (Å²) < 4.78 is 0. The Hall–Kier alpha value is -3.68. The zero-order valence-corrected chi connectivity index (χ0v) is 29.3. The molecule has 4 saturated carbocycles. The molecule has 0 N–H and O–H groups in total. The molecule has 49 heavy (non-hydrogen) atoms. The molecule has 8 nitrogen and oxygen atoms in total. The summed E-state index contributed by atoms with van der Waals surface area (Å²) in [7, 11) is 0. The van der Waals surface area contributed by atoms with Crippen molar-refractivity contribution in [1.82, 2.24) is 9.80 Å². The number of carbonyl (C=O) groups is 2. The Bertz CT molecular complexity index is 1410. The second-order valence-corrected chi connectivity index (χ2v) is 15.5. The van der Waals surface area contributed by atoms with E-state index in [4.69, 9.17) is 9.98 Å². The lowest BCUT2D eigenvalue weighted by Crippen LogP contribution is -2.68. The Morgan fingerprint density at radius 3 is 1.12 bits per heavy atom. The number of urea groups is 2. The minimum Gasteiger partial charge on any atom is -0.260 e. The number of amides is 4. The van der Waals surface area contributed by atoms with Crippen LogP contribution < -0.4 is 9.80 Å². The molecule has 2 heterocycles. The van der Waals surface area contributed by atoms with Crippen molar-refractivity contribution in [1.29, 1.82) is 0 Å². The average Bonchev–Trinajstić information content (AvgIpc) is 3.15. The van der Waals surface area contributed by atoms with E-state index in [9.17, 15) is 9.59 Å². The summed E-state index contributed by atoms with van der Waals surface area (Å²) in [6.45, 7) is 0. The van der Waals surface area contributed by atoms with Crippen LogP contribution >= 0.6 is 0 Å². The lowest BCUT2D eigenvalue weighted by atomic mass is 9.93. The van der Waals surface area contributed by atoms with Crippen LogP contribution in [0.2, 0.25) is 0 Å². The number of hydrogen-bond donors (Lipinski definition) is 0. The first kappa shape index (κ1) is 32.5. The summed E-state index contributed by atoms with van der Waals surface area (Å²) in [6.07, 6.45) is 24.5. The fraction of sp³-hybridized carbons (Fsp3) is 0.610. The predicted molar refractivity (Wildman–Crippen MR) is 197 cm³/mol. The molecule has 0 radical (unpaired) electrons. The molecular weight excluding hydrogens is 608 g/mol. The molecular formula is C41H54N6O2. The molecule has 0 aromatic heterocycles. The molecule has 6 aliphatic rings. The molecule has 4 amide bonds. The summed E-state index contributed by atoms with van der Waals surface area (Å²) in [5.74, 6) is 1.75. The third-order valence-corrected chi connectivity index (χ3v) is 12.0. The van der Waals surface area contributed by atoms with Gasteiger partial charge in [0.2, 0.25) is 11.9 Å². The van der Waals surface area contributed by atoms with E-state index in [0.29, 0.717) is 24.2 Å². The Kier molecular flexibility index (Phi) is 9.73. The van der Waals surface area contributed by atoms with Gasteiger partial charge in [-0.2, -0.15) is 0 Å². The molecule has 0 atom stereocenters. The van der Waals surface area contributed by atoms with E-state index >= 15 is 0 Å². The molecule has 0 spiro atoms. The van der Waals surface area contributed by atoms with Crippen molar-refractivity contribution >= 4 is 35.4 Å². The third kappa shape index (κ3) is 6.77. The van der Waals surface area contributed by atoms with E-state index in [0.717, 1.165) is 81.1 Å². The number of rotatable bonds is 8. The van der Waals surface area contributed by atoms with Gasteiger partial charge in [-0.15, -0.1) is 0 Å². The Balaban J connectivity index is 0.956. The van der Waals surface area contributed by atoms with Gasteiger partial charge in [-0.25, -0.2) is 29.4 Å². The molecule has 2 aliphatic heterocycles. The zero-order chi connectivity index (χ0) is 33.2. The maximum Gasteiger partial charge on any atom is 0.338 e. The number of hydrogen-bond acceptors (Lipinski definition) is 4. The van der Waals surface area contributed by atoms with Crippen LogP contribution in [-0.4, -0.2) is 57.9 Å². The Morgan fingerprint density at radius 2 is 0.776 bits per heavy atom. The highest BCUT2D eigenvalue weighted by atomic mass is 16.2. The Morgan fingerprint density at radius 1 is 0.449 bits per heavy atom. The predicted octanol–water partition coefficient (Wildman–Crippen LogP) is 9.80. The zero-order valence-electron chi connectivity index (χ0n) is 29.3. The van der Waals surface area contributed by atoms with Gasteiger partial charge in [-0.3, -0.25) is 9.80 Å². The molecule has 6 fully saturated rings. The van der Waals surface area contributed by atoms with Crippen LogP contribution in [0, 0.1) is 0 Å². The molecule has 4 aliphatic carbocycles. The number of carbonyl (C=O) groups excluding carboxylic acids is 2. The first-order valence-electron chi connectivity index (χ1n) is 19.7. The van der Waals surface area contributed by atoms with Crippen LogP contribution in [0.4, 0.5) is 21.0 Å². The Labute approximate surface area is 292 Å². The standard InChI is InChI=1S/C41H54N6O2/c48-40-44(34-17-9-3-10-18-34)38(42-32-13-5-1-6-14-32)46(40)36-25-21-30(22-26-36)29-31-23-27-37(28-24-31)47-39(43-33-15-7-2-8-16-33)45(41(47)49)35-19-11-4-12-20-35/h21-28,32-35H,1-20,29H2. The fourth-order valence-electron chi connectivity index (χ4n) is 9.20. The summed E-state index contributed by atoms with van der Waals surface area (Å²) in [6, 6.07) is 18.3. The molecule has 8 rings (SSSR count). The monoisotopic (exact) mass is 662 g/mol. The number of aliphatic imine (C=N–C) groups is 2. The number of guanidine groups is 2. The minimum atomic E-state index is 0.0822. The van der Waals surface area contributed by atoms with Crippen molar-refractivity contribution in [3.63, 3.8) is 0 Å². The molecule has 2 aromatic rings. The maximum atomic E-state index is 13.6. The van der Waals surface area contributed by atoms with E-state index in [2.05, 4.69) is 48.5 Å². The van der Waals surface area contributed by atoms with E-state index in [1.807, 2.05) is 19.6 Å². The van der Waals surface area contributed by atoms with Gasteiger partial charge in [0.15, 0.2) is 0 Å². The third-order valence-electron chi connectivity index (χ3n) is 12.0. The molecule has 2 saturated heterocycles. The maximum absolute atomic E-state index is 13.6. The van der Waals surface area contributed by atoms with Crippen molar-refractivity contribution in [3.05, 3.63) is 59.7 Å². The lowest BCUT2D eigenvalue weighted by molar-refractivity contribution is 0.186. The quantitative estimate of drug-likeness (QED) is 0.282. The fourth-order valence-corrected chi connectivity index (χ4v) is 9.20. The van der Waals surface area contributed by atoms with Crippen LogP contribution in [0.25, 0.3) is 0 Å². The van der Waals surface area contributed by atoms with Gasteiger partial charge in [-0.1, -0.05) is 101 Å². The van der Waals surface area contributed by atoms with E-state index in [1.54, 1.807) is 0 Å². The van der Waals surface area contributed by atoms with Gasteiger partial charge in [0.1, 0.15) is 0 Å². The normalized spacial score (nSPS) is 25.3. The smallest absolute Gasteiger partial charge is 0.260 e. The van der Waals surface area contributed by atoms with Crippen molar-refractivity contribution in [2.24, 2.45) is 9.98 Å². The second kappa shape index (κ2) is 14.7. The molecule has 260 valence electrons. The van der Waals surface area contributed by atoms with Crippen LogP contribution in [0.15, 0.2) is 58.5 Å². The first-order chi connectivity index (χ1) is 24.1. The van der Waals surface area contributed by atoms with Gasteiger partial charge in [0, 0.05) is 12.1 Å². The number of benzene rings is 2. The van der Waals surface area contributed by atoms with Crippen molar-refractivity contribution in [3.8, 4) is 0 Å². The molecule has 0 unspecified atom stereocenters. The molecule has 0 bridgehead atoms. The van der Waals surface area contributed by atoms with Gasteiger partial charge in [0.05, 0.1) is 23.5 Å². The van der Waals surface area contributed by atoms with Crippen LogP contribution in [-0.2, 0) is 6.42 Å². The van der Waals surface area contributed by atoms with Crippen LogP contribution in [0.1, 0.15) is 140 Å². The minimum absolute atomic E-state index is 0.0822. The molecule has 8 heteroatoms. The van der Waals surface area contributed by atoms with Crippen LogP contribution in [0.3, 0.4) is 0 Å². The van der Waals surface area contributed by atoms with E-state index in [-0.39, 0.29) is 12.1 Å². The second-order valence-electron chi connectivity index (χ2n) is 15.5. The largest absolute Gasteiger partial charge is 0.338 e. The van der Waals surface area contributed by atoms with Crippen molar-refractivity contribution in [2.45, 2.75) is 159 Å². The average molecular weight is 663 g/mol. The van der Waals surface area contributed by atoms with E-state index in [1.165, 1.54) is 88.2 Å². The van der Waals surface area contributed by atoms with Gasteiger partial charge < -0.3 is 0 Å². The summed E-state index contributed by atoms with van der Waals surface area (Å²) in [4.78, 5) is 45.4. The first-order valence-corrected chi connectivity index (χ1v) is 19.7.